The summed E-state index contributed by atoms with van der Waals surface area (Å²) in [5, 5.41) is 8.92. The van der Waals surface area contributed by atoms with Gasteiger partial charge in [0.05, 0.1) is 4.90 Å². The van der Waals surface area contributed by atoms with Crippen LogP contribution in [-0.2, 0) is 16.6 Å². The minimum Gasteiger partial charge on any atom is -0.337 e. The van der Waals surface area contributed by atoms with Crippen LogP contribution in [0.4, 0.5) is 0 Å². The molecule has 0 aliphatic rings. The number of sulfonamides is 1. The molecule has 0 aliphatic carbocycles. The van der Waals surface area contributed by atoms with Crippen molar-refractivity contribution in [1.82, 2.24) is 15.0 Å². The predicted molar refractivity (Wildman–Crippen MR) is 86.6 cm³/mol. The molecule has 1 amide bonds. The molecule has 0 saturated heterocycles. The Morgan fingerprint density at radius 2 is 1.92 bits per heavy atom. The van der Waals surface area contributed by atoms with Gasteiger partial charge in [-0.2, -0.15) is 4.98 Å². The lowest BCUT2D eigenvalue weighted by atomic mass is 10.2. The van der Waals surface area contributed by atoms with Gasteiger partial charge in [-0.05, 0) is 31.2 Å². The molecule has 2 N–H and O–H groups in total. The van der Waals surface area contributed by atoms with Gasteiger partial charge in [0.2, 0.25) is 15.9 Å². The van der Waals surface area contributed by atoms with Crippen LogP contribution in [-0.4, -0.2) is 35.9 Å². The number of hydrogen-bond acceptors (Lipinski definition) is 6. The molecule has 8 nitrogen and oxygen atoms in total. The summed E-state index contributed by atoms with van der Waals surface area (Å²) in [5.74, 6) is 0.822. The number of amides is 1. The van der Waals surface area contributed by atoms with Gasteiger partial charge in [-0.15, -0.1) is 0 Å². The molecule has 130 valence electrons. The largest absolute Gasteiger partial charge is 0.337 e. The Morgan fingerprint density at radius 3 is 2.38 bits per heavy atom. The van der Waals surface area contributed by atoms with E-state index in [1.54, 1.807) is 0 Å². The first-order valence-electron chi connectivity index (χ1n) is 7.47. The van der Waals surface area contributed by atoms with Gasteiger partial charge in [-0.25, -0.2) is 13.6 Å². The zero-order chi connectivity index (χ0) is 17.9. The van der Waals surface area contributed by atoms with E-state index in [1.807, 2.05) is 20.8 Å². The number of nitrogens with zero attached hydrogens (tertiary/aromatic N) is 3. The summed E-state index contributed by atoms with van der Waals surface area (Å²) in [6.45, 7) is 6.35. The molecule has 0 atom stereocenters. The number of nitrogens with two attached hydrogens (primary N) is 1. The van der Waals surface area contributed by atoms with Gasteiger partial charge in [0.25, 0.3) is 5.91 Å². The Kier molecular flexibility index (Phi) is 5.35. The summed E-state index contributed by atoms with van der Waals surface area (Å²) >= 11 is 0. The molecular weight excluding hydrogens is 332 g/mol. The smallest absolute Gasteiger partial charge is 0.254 e. The maximum absolute atomic E-state index is 12.5. The third-order valence-corrected chi connectivity index (χ3v) is 4.35. The van der Waals surface area contributed by atoms with E-state index in [2.05, 4.69) is 10.1 Å². The van der Waals surface area contributed by atoms with Crippen LogP contribution in [0.25, 0.3) is 0 Å². The molecular formula is C15H20N4O4S. The molecule has 24 heavy (non-hydrogen) atoms. The van der Waals surface area contributed by atoms with Crippen molar-refractivity contribution in [2.45, 2.75) is 38.1 Å². The Bertz CT molecular complexity index is 812. The van der Waals surface area contributed by atoms with Gasteiger partial charge in [0, 0.05) is 18.0 Å². The second kappa shape index (κ2) is 7.10. The van der Waals surface area contributed by atoms with Crippen LogP contribution in [0.2, 0.25) is 0 Å². The molecule has 0 spiro atoms. The summed E-state index contributed by atoms with van der Waals surface area (Å²) < 4.78 is 27.7. The quantitative estimate of drug-likeness (QED) is 0.841. The number of carbonyl (C=O) groups is 1. The molecule has 0 saturated carbocycles. The van der Waals surface area contributed by atoms with Crippen molar-refractivity contribution in [3.63, 3.8) is 0 Å². The number of benzene rings is 1. The van der Waals surface area contributed by atoms with Crippen LogP contribution >= 0.6 is 0 Å². The fourth-order valence-corrected chi connectivity index (χ4v) is 2.54. The highest BCUT2D eigenvalue weighted by Crippen LogP contribution is 2.14. The first kappa shape index (κ1) is 18.1. The second-order valence-electron chi connectivity index (χ2n) is 5.59. The number of rotatable bonds is 6. The van der Waals surface area contributed by atoms with Gasteiger partial charge < -0.3 is 9.42 Å². The lowest BCUT2D eigenvalue weighted by Gasteiger charge is -2.18. The molecule has 2 aromatic rings. The van der Waals surface area contributed by atoms with Crippen molar-refractivity contribution in [2.75, 3.05) is 6.54 Å². The molecule has 0 aliphatic heterocycles. The minimum absolute atomic E-state index is 0.0411. The summed E-state index contributed by atoms with van der Waals surface area (Å²) in [5.41, 5.74) is 0.354. The van der Waals surface area contributed by atoms with Crippen molar-refractivity contribution < 1.29 is 17.7 Å². The number of carbonyl (C=O) groups excluding carboxylic acids is 1. The summed E-state index contributed by atoms with van der Waals surface area (Å²) in [6.07, 6.45) is 0. The van der Waals surface area contributed by atoms with E-state index in [-0.39, 0.29) is 23.3 Å². The summed E-state index contributed by atoms with van der Waals surface area (Å²) in [4.78, 5) is 18.3. The fourth-order valence-electron chi connectivity index (χ4n) is 2.03. The van der Waals surface area contributed by atoms with Crippen molar-refractivity contribution >= 4 is 15.9 Å². The predicted octanol–water partition coefficient (Wildman–Crippen LogP) is 1.50. The Labute approximate surface area is 140 Å². The van der Waals surface area contributed by atoms with Crippen molar-refractivity contribution in [3.8, 4) is 0 Å². The molecule has 0 fully saturated rings. The molecule has 1 heterocycles. The molecule has 0 unspecified atom stereocenters. The number of aromatic nitrogens is 2. The van der Waals surface area contributed by atoms with Crippen LogP contribution in [0.15, 0.2) is 33.7 Å². The molecule has 2 rings (SSSR count). The van der Waals surface area contributed by atoms with Crippen molar-refractivity contribution in [2.24, 2.45) is 5.14 Å². The van der Waals surface area contributed by atoms with E-state index in [0.717, 1.165) is 0 Å². The Balaban J connectivity index is 2.16. The van der Waals surface area contributed by atoms with Crippen LogP contribution in [0, 0.1) is 0 Å². The molecule has 1 aromatic heterocycles. The van der Waals surface area contributed by atoms with Crippen molar-refractivity contribution in [1.29, 1.82) is 0 Å². The highest BCUT2D eigenvalue weighted by molar-refractivity contribution is 7.89. The Morgan fingerprint density at radius 1 is 1.29 bits per heavy atom. The van der Waals surface area contributed by atoms with E-state index < -0.39 is 10.0 Å². The van der Waals surface area contributed by atoms with E-state index in [1.165, 1.54) is 29.2 Å². The van der Waals surface area contributed by atoms with Gasteiger partial charge >= 0.3 is 0 Å². The normalized spacial score (nSPS) is 11.7. The van der Waals surface area contributed by atoms with E-state index in [9.17, 15) is 13.2 Å². The van der Waals surface area contributed by atoms with Gasteiger partial charge in [-0.1, -0.05) is 19.0 Å². The van der Waals surface area contributed by atoms with E-state index in [4.69, 9.17) is 9.66 Å². The van der Waals surface area contributed by atoms with Crippen LogP contribution in [0.3, 0.4) is 0 Å². The summed E-state index contributed by atoms with van der Waals surface area (Å²) in [7, 11) is -3.78. The summed E-state index contributed by atoms with van der Waals surface area (Å²) in [6, 6.07) is 5.47. The van der Waals surface area contributed by atoms with E-state index >= 15 is 0 Å². The average molecular weight is 352 g/mol. The minimum atomic E-state index is -3.78. The first-order chi connectivity index (χ1) is 11.2. The second-order valence-corrected chi connectivity index (χ2v) is 7.15. The lowest BCUT2D eigenvalue weighted by molar-refractivity contribution is 0.0734. The molecule has 0 bridgehead atoms. The van der Waals surface area contributed by atoms with Gasteiger partial charge in [0.15, 0.2) is 5.82 Å². The van der Waals surface area contributed by atoms with Crippen LogP contribution in [0.1, 0.15) is 48.8 Å². The third kappa shape index (κ3) is 4.18. The molecule has 0 radical (unpaired) electrons. The molecule has 9 heteroatoms. The van der Waals surface area contributed by atoms with Gasteiger partial charge in [0.1, 0.15) is 6.54 Å². The zero-order valence-corrected chi connectivity index (χ0v) is 14.6. The highest BCUT2D eigenvalue weighted by Gasteiger charge is 2.19. The standard InChI is InChI=1S/C15H20N4O4S/c1-4-19(9-13-17-14(10(2)3)18-23-13)15(20)11-5-7-12(8-6-11)24(16,21)22/h5-8,10H,4,9H2,1-3H3,(H2,16,21,22). The lowest BCUT2D eigenvalue weighted by Crippen LogP contribution is -2.30. The maximum atomic E-state index is 12.5. The highest BCUT2D eigenvalue weighted by atomic mass is 32.2. The first-order valence-corrected chi connectivity index (χ1v) is 9.01. The van der Waals surface area contributed by atoms with Gasteiger partial charge in [-0.3, -0.25) is 4.79 Å². The number of primary sulfonamides is 1. The van der Waals surface area contributed by atoms with Crippen LogP contribution < -0.4 is 5.14 Å². The van der Waals surface area contributed by atoms with Crippen molar-refractivity contribution in [3.05, 3.63) is 41.5 Å². The SMILES string of the molecule is CCN(Cc1nc(C(C)C)no1)C(=O)c1ccc(S(N)(=O)=O)cc1. The fraction of sp³-hybridized carbons (Fsp3) is 0.400. The average Bonchev–Trinajstić information content (AvgIpc) is 3.00. The monoisotopic (exact) mass is 352 g/mol. The zero-order valence-electron chi connectivity index (χ0n) is 13.8. The Hall–Kier alpha value is -2.26. The number of hydrogen-bond donors (Lipinski definition) is 1. The van der Waals surface area contributed by atoms with E-state index in [0.29, 0.717) is 23.8 Å². The molecule has 1 aromatic carbocycles. The maximum Gasteiger partial charge on any atom is 0.254 e. The topological polar surface area (TPSA) is 119 Å². The van der Waals surface area contributed by atoms with Crippen LogP contribution in [0.5, 0.6) is 0 Å². The third-order valence-electron chi connectivity index (χ3n) is 3.43.